The molecule has 1 aliphatic heterocycles. The molecule has 2 rings (SSSR count). The molecular formula is C17H24N2O. The van der Waals surface area contributed by atoms with Crippen LogP contribution in [0.2, 0.25) is 0 Å². The molecule has 1 fully saturated rings. The molecule has 0 saturated carbocycles. The fourth-order valence-electron chi connectivity index (χ4n) is 2.94. The third-order valence-corrected chi connectivity index (χ3v) is 4.20. The minimum Gasteiger partial charge on any atom is -0.375 e. The molecule has 0 N–H and O–H groups in total. The van der Waals surface area contributed by atoms with Gasteiger partial charge in [-0.15, -0.1) is 0 Å². The van der Waals surface area contributed by atoms with Gasteiger partial charge in [-0.25, -0.2) is 4.85 Å². The van der Waals surface area contributed by atoms with Gasteiger partial charge in [-0.2, -0.15) is 0 Å². The molecule has 3 heteroatoms. The molecular weight excluding hydrogens is 248 g/mol. The summed E-state index contributed by atoms with van der Waals surface area (Å²) in [6.07, 6.45) is 3.97. The molecule has 3 nitrogen and oxygen atoms in total. The van der Waals surface area contributed by atoms with Crippen LogP contribution in [-0.2, 0) is 11.3 Å². The molecule has 1 aromatic carbocycles. The van der Waals surface area contributed by atoms with Crippen molar-refractivity contribution in [3.8, 4) is 0 Å². The first-order chi connectivity index (χ1) is 9.70. The molecule has 0 bridgehead atoms. The predicted octanol–water partition coefficient (Wildman–Crippen LogP) is 4.02. The van der Waals surface area contributed by atoms with E-state index in [1.807, 2.05) is 24.3 Å². The van der Waals surface area contributed by atoms with Gasteiger partial charge in [0.05, 0.1) is 19.8 Å². The van der Waals surface area contributed by atoms with E-state index >= 15 is 0 Å². The van der Waals surface area contributed by atoms with Gasteiger partial charge in [0.2, 0.25) is 0 Å². The highest BCUT2D eigenvalue weighted by atomic mass is 16.5. The van der Waals surface area contributed by atoms with Crippen LogP contribution in [0.3, 0.4) is 0 Å². The van der Waals surface area contributed by atoms with Crippen molar-refractivity contribution >= 4 is 5.69 Å². The number of nitrogens with zero attached hydrogens (tertiary/aromatic N) is 2. The van der Waals surface area contributed by atoms with Crippen molar-refractivity contribution in [3.63, 3.8) is 0 Å². The number of benzene rings is 1. The number of hydrogen-bond donors (Lipinski definition) is 0. The maximum absolute atomic E-state index is 6.92. The summed E-state index contributed by atoms with van der Waals surface area (Å²) in [4.78, 5) is 5.95. The maximum Gasteiger partial charge on any atom is 0.187 e. The lowest BCUT2D eigenvalue weighted by Gasteiger charge is -2.38. The van der Waals surface area contributed by atoms with Crippen molar-refractivity contribution in [1.82, 2.24) is 4.90 Å². The van der Waals surface area contributed by atoms with Gasteiger partial charge in [0, 0.05) is 18.6 Å². The lowest BCUT2D eigenvalue weighted by molar-refractivity contribution is 0.0439. The molecule has 1 saturated heterocycles. The highest BCUT2D eigenvalue weighted by Crippen LogP contribution is 2.21. The lowest BCUT2D eigenvalue weighted by Crippen LogP contribution is -2.45. The van der Waals surface area contributed by atoms with Crippen molar-refractivity contribution in [3.05, 3.63) is 41.2 Å². The van der Waals surface area contributed by atoms with Gasteiger partial charge in [-0.05, 0) is 32.3 Å². The monoisotopic (exact) mass is 272 g/mol. The van der Waals surface area contributed by atoms with Gasteiger partial charge in [0.15, 0.2) is 5.69 Å². The Labute approximate surface area is 122 Å². The number of ether oxygens (including phenoxy) is 1. The zero-order valence-electron chi connectivity index (χ0n) is 12.5. The molecule has 2 atom stereocenters. The average Bonchev–Trinajstić information content (AvgIpc) is 2.46. The van der Waals surface area contributed by atoms with Crippen LogP contribution in [0.15, 0.2) is 24.3 Å². The van der Waals surface area contributed by atoms with Crippen LogP contribution < -0.4 is 0 Å². The van der Waals surface area contributed by atoms with Crippen LogP contribution in [0.25, 0.3) is 4.85 Å². The number of hydrogen-bond acceptors (Lipinski definition) is 2. The Morgan fingerprint density at radius 2 is 1.85 bits per heavy atom. The molecule has 1 heterocycles. The van der Waals surface area contributed by atoms with E-state index in [9.17, 15) is 0 Å². The topological polar surface area (TPSA) is 16.8 Å². The van der Waals surface area contributed by atoms with Gasteiger partial charge < -0.3 is 4.74 Å². The molecule has 108 valence electrons. The Hall–Kier alpha value is -1.37. The van der Waals surface area contributed by atoms with Gasteiger partial charge in [0.1, 0.15) is 0 Å². The van der Waals surface area contributed by atoms with E-state index in [1.54, 1.807) is 0 Å². The molecule has 1 aromatic rings. The molecule has 0 aromatic heterocycles. The Morgan fingerprint density at radius 3 is 2.45 bits per heavy atom. The minimum atomic E-state index is 0.634. The smallest absolute Gasteiger partial charge is 0.187 e. The SMILES string of the molecule is [C-]#[N+]c1ccc(COCCN2C(C)CCCC2C)cc1. The molecule has 1 aliphatic rings. The Morgan fingerprint density at radius 1 is 1.20 bits per heavy atom. The molecule has 0 amide bonds. The summed E-state index contributed by atoms with van der Waals surface area (Å²) in [7, 11) is 0. The third kappa shape index (κ3) is 4.06. The van der Waals surface area contributed by atoms with Crippen LogP contribution in [0.1, 0.15) is 38.7 Å². The largest absolute Gasteiger partial charge is 0.375 e. The number of rotatable bonds is 5. The normalized spacial score (nSPS) is 23.4. The first-order valence-electron chi connectivity index (χ1n) is 7.50. The molecule has 2 unspecified atom stereocenters. The second-order valence-corrected chi connectivity index (χ2v) is 5.70. The summed E-state index contributed by atoms with van der Waals surface area (Å²) in [5.74, 6) is 0. The van der Waals surface area contributed by atoms with E-state index in [1.165, 1.54) is 19.3 Å². The summed E-state index contributed by atoms with van der Waals surface area (Å²) in [5, 5.41) is 0. The highest BCUT2D eigenvalue weighted by molar-refractivity contribution is 5.45. The van der Waals surface area contributed by atoms with E-state index in [0.717, 1.165) is 18.7 Å². The van der Waals surface area contributed by atoms with Crippen LogP contribution in [-0.4, -0.2) is 30.1 Å². The molecule has 0 aliphatic carbocycles. The van der Waals surface area contributed by atoms with E-state index in [4.69, 9.17) is 11.3 Å². The minimum absolute atomic E-state index is 0.634. The quantitative estimate of drug-likeness (QED) is 0.595. The summed E-state index contributed by atoms with van der Waals surface area (Å²) in [5.41, 5.74) is 1.82. The predicted molar refractivity (Wildman–Crippen MR) is 81.8 cm³/mol. The van der Waals surface area contributed by atoms with Crippen LogP contribution >= 0.6 is 0 Å². The van der Waals surface area contributed by atoms with E-state index < -0.39 is 0 Å². The van der Waals surface area contributed by atoms with Gasteiger partial charge >= 0.3 is 0 Å². The zero-order valence-corrected chi connectivity index (χ0v) is 12.5. The molecule has 0 radical (unpaired) electrons. The summed E-state index contributed by atoms with van der Waals surface area (Å²) in [6, 6.07) is 9.00. The number of piperidine rings is 1. The fraction of sp³-hybridized carbons (Fsp3) is 0.588. The van der Waals surface area contributed by atoms with E-state index in [2.05, 4.69) is 23.6 Å². The third-order valence-electron chi connectivity index (χ3n) is 4.20. The second kappa shape index (κ2) is 7.42. The summed E-state index contributed by atoms with van der Waals surface area (Å²) >= 11 is 0. The fourth-order valence-corrected chi connectivity index (χ4v) is 2.94. The second-order valence-electron chi connectivity index (χ2n) is 5.70. The Bertz CT molecular complexity index is 439. The summed E-state index contributed by atoms with van der Waals surface area (Å²) in [6.45, 7) is 14.0. The molecule has 20 heavy (non-hydrogen) atoms. The first-order valence-corrected chi connectivity index (χ1v) is 7.50. The standard InChI is InChI=1S/C17H24N2O/c1-14-5-4-6-15(2)19(14)11-12-20-13-16-7-9-17(18-3)10-8-16/h7-10,14-15H,4-6,11-13H2,1-2H3. The zero-order chi connectivity index (χ0) is 14.4. The van der Waals surface area contributed by atoms with Crippen molar-refractivity contribution in [2.45, 2.75) is 51.8 Å². The first kappa shape index (κ1) is 15.0. The van der Waals surface area contributed by atoms with Gasteiger partial charge in [-0.3, -0.25) is 4.90 Å². The van der Waals surface area contributed by atoms with E-state index in [-0.39, 0.29) is 0 Å². The van der Waals surface area contributed by atoms with Crippen molar-refractivity contribution < 1.29 is 4.74 Å². The molecule has 0 spiro atoms. The Kier molecular flexibility index (Phi) is 5.58. The van der Waals surface area contributed by atoms with Crippen molar-refractivity contribution in [1.29, 1.82) is 0 Å². The van der Waals surface area contributed by atoms with Crippen LogP contribution in [0.4, 0.5) is 5.69 Å². The van der Waals surface area contributed by atoms with Crippen molar-refractivity contribution in [2.75, 3.05) is 13.2 Å². The maximum atomic E-state index is 6.92. The van der Waals surface area contributed by atoms with Crippen LogP contribution in [0, 0.1) is 6.57 Å². The van der Waals surface area contributed by atoms with Gasteiger partial charge in [-0.1, -0.05) is 30.7 Å². The van der Waals surface area contributed by atoms with Crippen molar-refractivity contribution in [2.24, 2.45) is 0 Å². The highest BCUT2D eigenvalue weighted by Gasteiger charge is 2.23. The van der Waals surface area contributed by atoms with Gasteiger partial charge in [0.25, 0.3) is 0 Å². The summed E-state index contributed by atoms with van der Waals surface area (Å²) < 4.78 is 5.77. The van der Waals surface area contributed by atoms with Crippen LogP contribution in [0.5, 0.6) is 0 Å². The average molecular weight is 272 g/mol. The van der Waals surface area contributed by atoms with E-state index in [0.29, 0.717) is 24.4 Å². The number of likely N-dealkylation sites (tertiary alicyclic amines) is 1. The Balaban J connectivity index is 1.71. The lowest BCUT2D eigenvalue weighted by atomic mass is 9.98.